The van der Waals surface area contributed by atoms with Crippen molar-refractivity contribution in [1.82, 2.24) is 0 Å². The predicted octanol–water partition coefficient (Wildman–Crippen LogP) is 1.17. The molecule has 0 bridgehead atoms. The molecule has 1 unspecified atom stereocenters. The van der Waals surface area contributed by atoms with E-state index < -0.39 is 11.4 Å². The van der Waals surface area contributed by atoms with E-state index in [1.165, 1.54) is 0 Å². The smallest absolute Gasteiger partial charge is 0.314 e. The molecule has 64 valence electrons. The first-order valence-electron chi connectivity index (χ1n) is 3.45. The van der Waals surface area contributed by atoms with Gasteiger partial charge in [0.25, 0.3) is 0 Å². The van der Waals surface area contributed by atoms with Gasteiger partial charge in [0, 0.05) is 6.42 Å². The van der Waals surface area contributed by atoms with E-state index in [9.17, 15) is 9.59 Å². The van der Waals surface area contributed by atoms with E-state index >= 15 is 0 Å². The van der Waals surface area contributed by atoms with Crippen molar-refractivity contribution in [2.24, 2.45) is 0 Å². The lowest BCUT2D eigenvalue weighted by Gasteiger charge is -2.05. The first-order valence-corrected chi connectivity index (χ1v) is 3.97. The van der Waals surface area contributed by atoms with Crippen LogP contribution in [-0.2, 0) is 14.3 Å². The molecule has 0 N–H and O–H groups in total. The monoisotopic (exact) mass is 176 g/mol. The van der Waals surface area contributed by atoms with Gasteiger partial charge in [-0.3, -0.25) is 9.59 Å². The summed E-state index contributed by atoms with van der Waals surface area (Å²) in [5.74, 6) is -0.608. The summed E-state index contributed by atoms with van der Waals surface area (Å²) in [5.41, 5.74) is -0.438. The van der Waals surface area contributed by atoms with Gasteiger partial charge < -0.3 is 4.74 Å². The van der Waals surface area contributed by atoms with Crippen molar-refractivity contribution < 1.29 is 14.3 Å². The summed E-state index contributed by atoms with van der Waals surface area (Å²) in [4.78, 5) is 21.4. The molecule has 0 aromatic rings. The Morgan fingerprint density at radius 2 is 2.09 bits per heavy atom. The maximum absolute atomic E-state index is 10.7. The van der Waals surface area contributed by atoms with Crippen LogP contribution in [0.25, 0.3) is 0 Å². The number of Topliss-reactive ketones (excluding diaryl/α,β-unsaturated/α-hetero) is 1. The highest BCUT2D eigenvalue weighted by atomic mass is 32.1. The summed E-state index contributed by atoms with van der Waals surface area (Å²) in [6, 6.07) is 0. The molecule has 0 aliphatic heterocycles. The fourth-order valence-electron chi connectivity index (χ4n) is 0.518. The number of hydrogen-bond acceptors (Lipinski definition) is 4. The number of ether oxygens (including phenoxy) is 1. The van der Waals surface area contributed by atoms with Gasteiger partial charge >= 0.3 is 5.97 Å². The van der Waals surface area contributed by atoms with Crippen LogP contribution in [0.5, 0.6) is 0 Å². The van der Waals surface area contributed by atoms with Crippen LogP contribution in [0.2, 0.25) is 0 Å². The highest BCUT2D eigenvalue weighted by Crippen LogP contribution is 1.99. The molecule has 0 fully saturated rings. The fourth-order valence-corrected chi connectivity index (χ4v) is 0.635. The highest BCUT2D eigenvalue weighted by molar-refractivity contribution is 7.80. The van der Waals surface area contributed by atoms with Gasteiger partial charge in [0.1, 0.15) is 17.6 Å². The third-order valence-electron chi connectivity index (χ3n) is 1.04. The van der Waals surface area contributed by atoms with Crippen LogP contribution in [0.4, 0.5) is 0 Å². The molecule has 0 radical (unpaired) electrons. The lowest BCUT2D eigenvalue weighted by molar-refractivity contribution is -0.146. The van der Waals surface area contributed by atoms with Gasteiger partial charge in [-0.15, -0.1) is 12.6 Å². The van der Waals surface area contributed by atoms with E-state index in [0.717, 1.165) is 0 Å². The summed E-state index contributed by atoms with van der Waals surface area (Å²) >= 11 is 3.83. The fraction of sp³-hybridized carbons (Fsp3) is 0.714. The molecule has 4 heteroatoms. The molecule has 0 aromatic heterocycles. The van der Waals surface area contributed by atoms with E-state index in [1.54, 1.807) is 13.8 Å². The number of ketones is 1. The second-order valence-electron chi connectivity index (χ2n) is 2.16. The first-order chi connectivity index (χ1) is 5.06. The zero-order chi connectivity index (χ0) is 8.85. The summed E-state index contributed by atoms with van der Waals surface area (Å²) in [6.07, 6.45) is 0.234. The molecule has 0 aliphatic carbocycles. The van der Waals surface area contributed by atoms with E-state index in [2.05, 4.69) is 17.4 Å². The number of thiol groups is 1. The van der Waals surface area contributed by atoms with Crippen LogP contribution in [0.3, 0.4) is 0 Å². The van der Waals surface area contributed by atoms with Crippen LogP contribution in [0, 0.1) is 0 Å². The van der Waals surface area contributed by atoms with Crippen LogP contribution in [0.1, 0.15) is 26.7 Å². The van der Waals surface area contributed by atoms with E-state index in [4.69, 9.17) is 0 Å². The maximum Gasteiger partial charge on any atom is 0.314 e. The highest BCUT2D eigenvalue weighted by Gasteiger charge is 2.09. The lowest BCUT2D eigenvalue weighted by Crippen LogP contribution is -2.13. The number of carbonyl (C=O) groups is 2. The van der Waals surface area contributed by atoms with E-state index in [0.29, 0.717) is 6.42 Å². The molecular weight excluding hydrogens is 164 g/mol. The molecule has 0 spiro atoms. The van der Waals surface area contributed by atoms with E-state index in [1.807, 2.05) is 0 Å². The van der Waals surface area contributed by atoms with Gasteiger partial charge in [0.15, 0.2) is 0 Å². The Labute approximate surface area is 71.5 Å². The Hall–Kier alpha value is -0.510. The normalized spacial score (nSPS) is 12.3. The van der Waals surface area contributed by atoms with Crippen LogP contribution >= 0.6 is 12.6 Å². The summed E-state index contributed by atoms with van der Waals surface area (Å²) in [6.45, 7) is 3.33. The minimum atomic E-state index is -0.501. The standard InChI is InChI=1S/C7H12O3S/c1-3-6(8)4-7(9)10-5(2)11/h5,11H,3-4H2,1-2H3. The Balaban J connectivity index is 3.61. The largest absolute Gasteiger partial charge is 0.452 e. The molecule has 3 nitrogen and oxygen atoms in total. The molecule has 0 heterocycles. The Morgan fingerprint density at radius 1 is 1.55 bits per heavy atom. The summed E-state index contributed by atoms with van der Waals surface area (Å²) < 4.78 is 4.63. The van der Waals surface area contributed by atoms with Gasteiger partial charge in [-0.05, 0) is 6.92 Å². The number of carbonyl (C=O) groups excluding carboxylic acids is 2. The minimum Gasteiger partial charge on any atom is -0.452 e. The Kier molecular flexibility index (Phi) is 4.94. The van der Waals surface area contributed by atoms with Crippen molar-refractivity contribution in [1.29, 1.82) is 0 Å². The Morgan fingerprint density at radius 3 is 2.45 bits per heavy atom. The molecule has 0 aliphatic rings. The SMILES string of the molecule is CCC(=O)CC(=O)OC(C)S. The number of rotatable bonds is 4. The molecule has 0 saturated carbocycles. The molecule has 1 atom stereocenters. The number of esters is 1. The van der Waals surface area contributed by atoms with Crippen molar-refractivity contribution in [3.63, 3.8) is 0 Å². The van der Waals surface area contributed by atoms with Gasteiger partial charge in [0.05, 0.1) is 0 Å². The summed E-state index contributed by atoms with van der Waals surface area (Å²) in [7, 11) is 0. The van der Waals surface area contributed by atoms with Crippen LogP contribution in [0.15, 0.2) is 0 Å². The first kappa shape index (κ1) is 10.5. The maximum atomic E-state index is 10.7. The lowest BCUT2D eigenvalue weighted by atomic mass is 10.2. The van der Waals surface area contributed by atoms with Gasteiger partial charge in [-0.1, -0.05) is 6.92 Å². The molecule has 0 aromatic carbocycles. The van der Waals surface area contributed by atoms with Crippen molar-refractivity contribution in [2.45, 2.75) is 32.1 Å². The molecule has 0 rings (SSSR count). The van der Waals surface area contributed by atoms with E-state index in [-0.39, 0.29) is 12.2 Å². The molecule has 0 amide bonds. The average molecular weight is 176 g/mol. The van der Waals surface area contributed by atoms with Crippen LogP contribution < -0.4 is 0 Å². The Bertz CT molecular complexity index is 154. The second kappa shape index (κ2) is 5.18. The number of hydrogen-bond donors (Lipinski definition) is 1. The van der Waals surface area contributed by atoms with Crippen LogP contribution in [-0.4, -0.2) is 17.2 Å². The van der Waals surface area contributed by atoms with Gasteiger partial charge in [0.2, 0.25) is 0 Å². The van der Waals surface area contributed by atoms with Crippen molar-refractivity contribution in [2.75, 3.05) is 0 Å². The third kappa shape index (κ3) is 5.91. The molecular formula is C7H12O3S. The zero-order valence-electron chi connectivity index (χ0n) is 6.66. The van der Waals surface area contributed by atoms with Crippen molar-refractivity contribution in [3.05, 3.63) is 0 Å². The van der Waals surface area contributed by atoms with Gasteiger partial charge in [-0.25, -0.2) is 0 Å². The minimum absolute atomic E-state index is 0.107. The zero-order valence-corrected chi connectivity index (χ0v) is 7.56. The van der Waals surface area contributed by atoms with Crippen molar-refractivity contribution in [3.8, 4) is 0 Å². The summed E-state index contributed by atoms with van der Waals surface area (Å²) in [5, 5.41) is 0. The topological polar surface area (TPSA) is 43.4 Å². The van der Waals surface area contributed by atoms with Crippen molar-refractivity contribution >= 4 is 24.4 Å². The average Bonchev–Trinajstić information content (AvgIpc) is 1.85. The molecule has 0 saturated heterocycles. The molecule has 11 heavy (non-hydrogen) atoms. The second-order valence-corrected chi connectivity index (χ2v) is 2.89. The predicted molar refractivity (Wildman–Crippen MR) is 44.5 cm³/mol. The van der Waals surface area contributed by atoms with Gasteiger partial charge in [-0.2, -0.15) is 0 Å². The third-order valence-corrected chi connectivity index (χ3v) is 1.14. The quantitative estimate of drug-likeness (QED) is 0.303.